The second-order valence-electron chi connectivity index (χ2n) is 5.06. The van der Waals surface area contributed by atoms with Gasteiger partial charge in [-0.25, -0.2) is 4.79 Å². The topological polar surface area (TPSA) is 68.5 Å². The van der Waals surface area contributed by atoms with E-state index in [1.54, 1.807) is 30.7 Å². The van der Waals surface area contributed by atoms with Crippen molar-refractivity contribution < 1.29 is 14.6 Å². The molecule has 2 aromatic rings. The number of rotatable bonds is 3. The lowest BCUT2D eigenvalue weighted by Gasteiger charge is -2.16. The number of carbonyl (C=O) groups is 1. The summed E-state index contributed by atoms with van der Waals surface area (Å²) in [6, 6.07) is 3.57. The van der Waals surface area contributed by atoms with Gasteiger partial charge in [0.1, 0.15) is 11.3 Å². The van der Waals surface area contributed by atoms with Crippen LogP contribution in [0.25, 0.3) is 10.9 Å². The lowest BCUT2D eigenvalue weighted by atomic mass is 10.1. The van der Waals surface area contributed by atoms with Crippen molar-refractivity contribution in [2.75, 3.05) is 0 Å². The quantitative estimate of drug-likeness (QED) is 0.933. The second-order valence-corrected chi connectivity index (χ2v) is 5.06. The van der Waals surface area contributed by atoms with Gasteiger partial charge in [0.25, 0.3) is 0 Å². The lowest BCUT2D eigenvalue weighted by molar-refractivity contribution is 0.0695. The van der Waals surface area contributed by atoms with Gasteiger partial charge in [0.2, 0.25) is 5.43 Å². The number of aromatic carboxylic acids is 1. The molecule has 0 fully saturated rings. The van der Waals surface area contributed by atoms with Crippen molar-refractivity contribution in [1.29, 1.82) is 0 Å². The van der Waals surface area contributed by atoms with Gasteiger partial charge >= 0.3 is 5.97 Å². The van der Waals surface area contributed by atoms with Crippen LogP contribution in [0, 0.1) is 6.92 Å². The molecule has 106 valence electrons. The Morgan fingerprint density at radius 1 is 1.35 bits per heavy atom. The van der Waals surface area contributed by atoms with Crippen molar-refractivity contribution in [3.63, 3.8) is 0 Å². The van der Waals surface area contributed by atoms with Gasteiger partial charge < -0.3 is 14.4 Å². The Hall–Kier alpha value is -2.30. The van der Waals surface area contributed by atoms with Crippen molar-refractivity contribution in [2.24, 2.45) is 7.05 Å². The molecule has 0 aliphatic carbocycles. The number of aromatic nitrogens is 1. The van der Waals surface area contributed by atoms with E-state index in [-0.39, 0.29) is 11.7 Å². The van der Waals surface area contributed by atoms with Crippen LogP contribution in [0.5, 0.6) is 5.75 Å². The molecule has 0 amide bonds. The average molecular weight is 275 g/mol. The Balaban J connectivity index is 2.91. The van der Waals surface area contributed by atoms with Crippen LogP contribution < -0.4 is 10.2 Å². The predicted molar refractivity (Wildman–Crippen MR) is 76.6 cm³/mol. The third-order valence-electron chi connectivity index (χ3n) is 3.09. The monoisotopic (exact) mass is 275 g/mol. The van der Waals surface area contributed by atoms with Crippen LogP contribution in [0.2, 0.25) is 0 Å². The zero-order valence-corrected chi connectivity index (χ0v) is 11.9. The molecule has 0 atom stereocenters. The maximum absolute atomic E-state index is 12.3. The van der Waals surface area contributed by atoms with Crippen LogP contribution in [0.1, 0.15) is 29.8 Å². The number of benzene rings is 1. The van der Waals surface area contributed by atoms with Gasteiger partial charge in [-0.1, -0.05) is 6.07 Å². The third kappa shape index (κ3) is 2.27. The lowest BCUT2D eigenvalue weighted by Crippen LogP contribution is -2.19. The maximum atomic E-state index is 12.3. The number of carboxylic acids is 1. The molecule has 1 aromatic heterocycles. The molecule has 0 aliphatic rings. The van der Waals surface area contributed by atoms with Gasteiger partial charge in [-0.3, -0.25) is 4.79 Å². The van der Waals surface area contributed by atoms with Gasteiger partial charge in [0.05, 0.1) is 17.0 Å². The van der Waals surface area contributed by atoms with E-state index >= 15 is 0 Å². The Bertz CT molecular complexity index is 744. The van der Waals surface area contributed by atoms with Crippen LogP contribution in [0.15, 0.2) is 23.1 Å². The summed E-state index contributed by atoms with van der Waals surface area (Å²) in [7, 11) is 1.71. The van der Waals surface area contributed by atoms with Crippen molar-refractivity contribution in [1.82, 2.24) is 4.57 Å². The van der Waals surface area contributed by atoms with Crippen molar-refractivity contribution >= 4 is 16.9 Å². The van der Waals surface area contributed by atoms with Crippen LogP contribution in [-0.4, -0.2) is 21.7 Å². The molecule has 1 N–H and O–H groups in total. The summed E-state index contributed by atoms with van der Waals surface area (Å²) in [6.45, 7) is 5.58. The summed E-state index contributed by atoms with van der Waals surface area (Å²) in [5.41, 5.74) is 0.649. The standard InChI is InChI=1S/C15H17NO4/c1-8(2)20-11-6-5-9(3)12-13(11)16(4)7-10(14(12)17)15(18)19/h5-8H,1-4H3,(H,18,19). The Morgan fingerprint density at radius 3 is 2.55 bits per heavy atom. The molecule has 0 saturated carbocycles. The molecule has 5 heteroatoms. The number of aryl methyl sites for hydroxylation is 2. The summed E-state index contributed by atoms with van der Waals surface area (Å²) < 4.78 is 7.34. The molecule has 1 heterocycles. The maximum Gasteiger partial charge on any atom is 0.341 e. The van der Waals surface area contributed by atoms with E-state index in [1.807, 2.05) is 13.8 Å². The average Bonchev–Trinajstić information content (AvgIpc) is 2.34. The van der Waals surface area contributed by atoms with E-state index in [0.717, 1.165) is 5.56 Å². The van der Waals surface area contributed by atoms with Crippen molar-refractivity contribution in [3.8, 4) is 5.75 Å². The minimum Gasteiger partial charge on any atom is -0.489 e. The van der Waals surface area contributed by atoms with E-state index in [9.17, 15) is 9.59 Å². The van der Waals surface area contributed by atoms with E-state index in [4.69, 9.17) is 9.84 Å². The molecule has 1 aromatic carbocycles. The fourth-order valence-corrected chi connectivity index (χ4v) is 2.26. The first-order valence-corrected chi connectivity index (χ1v) is 6.35. The Kier molecular flexibility index (Phi) is 3.53. The van der Waals surface area contributed by atoms with Crippen LogP contribution in [0.3, 0.4) is 0 Å². The van der Waals surface area contributed by atoms with Crippen molar-refractivity contribution in [3.05, 3.63) is 39.7 Å². The second kappa shape index (κ2) is 5.00. The molecular formula is C15H17NO4. The molecule has 0 radical (unpaired) electrons. The zero-order valence-electron chi connectivity index (χ0n) is 11.9. The highest BCUT2D eigenvalue weighted by Crippen LogP contribution is 2.27. The fraction of sp³-hybridized carbons (Fsp3) is 0.333. The minimum absolute atomic E-state index is 0.0323. The summed E-state index contributed by atoms with van der Waals surface area (Å²) in [4.78, 5) is 23.5. The molecule has 2 rings (SSSR count). The molecule has 0 spiro atoms. The molecule has 0 aliphatic heterocycles. The summed E-state index contributed by atoms with van der Waals surface area (Å²) >= 11 is 0. The highest BCUT2D eigenvalue weighted by Gasteiger charge is 2.18. The number of ether oxygens (including phenoxy) is 1. The van der Waals surface area contributed by atoms with Crippen LogP contribution in [0.4, 0.5) is 0 Å². The first-order chi connectivity index (χ1) is 9.32. The zero-order chi connectivity index (χ0) is 15.0. The van der Waals surface area contributed by atoms with Crippen molar-refractivity contribution in [2.45, 2.75) is 26.9 Å². The smallest absolute Gasteiger partial charge is 0.341 e. The fourth-order valence-electron chi connectivity index (χ4n) is 2.26. The third-order valence-corrected chi connectivity index (χ3v) is 3.09. The molecule has 0 bridgehead atoms. The summed E-state index contributed by atoms with van der Waals surface area (Å²) in [5.74, 6) is -0.640. The normalized spacial score (nSPS) is 11.1. The Labute approximate surface area is 116 Å². The van der Waals surface area contributed by atoms with E-state index in [0.29, 0.717) is 16.7 Å². The number of pyridine rings is 1. The minimum atomic E-state index is -1.22. The number of carboxylic acid groups (broad SMARTS) is 1. The van der Waals surface area contributed by atoms with Gasteiger partial charge in [-0.2, -0.15) is 0 Å². The number of fused-ring (bicyclic) bond motifs is 1. The van der Waals surface area contributed by atoms with E-state index in [1.165, 1.54) is 6.20 Å². The molecular weight excluding hydrogens is 258 g/mol. The molecule has 0 unspecified atom stereocenters. The molecule has 0 saturated heterocycles. The van der Waals surface area contributed by atoms with E-state index < -0.39 is 11.4 Å². The van der Waals surface area contributed by atoms with Crippen LogP contribution in [-0.2, 0) is 7.05 Å². The molecule has 5 nitrogen and oxygen atoms in total. The first kappa shape index (κ1) is 14.1. The number of hydrogen-bond donors (Lipinski definition) is 1. The molecule has 20 heavy (non-hydrogen) atoms. The van der Waals surface area contributed by atoms with Gasteiger partial charge in [0, 0.05) is 13.2 Å². The Morgan fingerprint density at radius 2 is 2.00 bits per heavy atom. The SMILES string of the molecule is Cc1ccc(OC(C)C)c2c1c(=O)c(C(=O)O)cn2C. The van der Waals surface area contributed by atoms with Crippen LogP contribution >= 0.6 is 0 Å². The highest BCUT2D eigenvalue weighted by atomic mass is 16.5. The summed E-state index contributed by atoms with van der Waals surface area (Å²) in [5, 5.41) is 9.50. The largest absolute Gasteiger partial charge is 0.489 e. The van der Waals surface area contributed by atoms with E-state index in [2.05, 4.69) is 0 Å². The summed E-state index contributed by atoms with van der Waals surface area (Å²) in [6.07, 6.45) is 1.30. The van der Waals surface area contributed by atoms with Gasteiger partial charge in [-0.05, 0) is 32.4 Å². The first-order valence-electron chi connectivity index (χ1n) is 6.35. The van der Waals surface area contributed by atoms with Gasteiger partial charge in [-0.15, -0.1) is 0 Å². The predicted octanol–water partition coefficient (Wildman–Crippen LogP) is 2.33. The number of nitrogens with zero attached hydrogens (tertiary/aromatic N) is 1. The number of hydrogen-bond acceptors (Lipinski definition) is 3. The highest BCUT2D eigenvalue weighted by molar-refractivity contribution is 5.95. The van der Waals surface area contributed by atoms with Gasteiger partial charge in [0.15, 0.2) is 0 Å².